The van der Waals surface area contributed by atoms with E-state index in [4.69, 9.17) is 16.6 Å². The zero-order chi connectivity index (χ0) is 47.9. The predicted molar refractivity (Wildman–Crippen MR) is 262 cm³/mol. The average molecular weight is 932 g/mol. The highest BCUT2D eigenvalue weighted by Gasteiger charge is 2.27. The molecule has 2 aromatic carbocycles. The van der Waals surface area contributed by atoms with Gasteiger partial charge < -0.3 is 40.4 Å². The van der Waals surface area contributed by atoms with E-state index in [-0.39, 0.29) is 72.0 Å². The van der Waals surface area contributed by atoms with Gasteiger partial charge in [-0.25, -0.2) is 4.58 Å². The molecule has 0 amide bonds. The molecule has 2 aromatic rings. The van der Waals surface area contributed by atoms with E-state index in [1.54, 1.807) is 19.6 Å². The highest BCUT2D eigenvalue weighted by molar-refractivity contribution is 7.80. The second-order valence-electron chi connectivity index (χ2n) is 16.7. The van der Waals surface area contributed by atoms with Crippen LogP contribution in [0.5, 0.6) is 0 Å². The summed E-state index contributed by atoms with van der Waals surface area (Å²) in [5.41, 5.74) is 6.93. The van der Waals surface area contributed by atoms with Gasteiger partial charge in [0.15, 0.2) is 5.11 Å². The van der Waals surface area contributed by atoms with Crippen LogP contribution in [-0.4, -0.2) is 180 Å². The summed E-state index contributed by atoms with van der Waals surface area (Å²) in [7, 11) is 0. The molecule has 6 N–H and O–H groups in total. The van der Waals surface area contributed by atoms with Gasteiger partial charge in [-0.2, -0.15) is 0 Å². The number of nitrogens with zero attached hydrogens (tertiary/aromatic N) is 6. The Kier molecular flexibility index (Phi) is 19.2. The van der Waals surface area contributed by atoms with E-state index in [2.05, 4.69) is 103 Å². The van der Waals surface area contributed by atoms with E-state index in [9.17, 15) is 39.6 Å². The minimum atomic E-state index is -1.06. The third-order valence-electron chi connectivity index (χ3n) is 12.3. The minimum Gasteiger partial charge on any atom is -0.480 e. The van der Waals surface area contributed by atoms with Gasteiger partial charge in [-0.3, -0.25) is 38.8 Å². The zero-order valence-electron chi connectivity index (χ0n) is 38.9. The molecule has 358 valence electrons. The van der Waals surface area contributed by atoms with Crippen molar-refractivity contribution in [3.05, 3.63) is 65.5 Å². The third-order valence-corrected chi connectivity index (χ3v) is 12.5. The van der Waals surface area contributed by atoms with Gasteiger partial charge in [0, 0.05) is 112 Å². The number of thiocarbonyl (C=S) groups is 1. The first-order valence-electron chi connectivity index (χ1n) is 22.9. The highest BCUT2D eigenvalue weighted by Crippen LogP contribution is 2.42. The Morgan fingerprint density at radius 2 is 1.33 bits per heavy atom. The van der Waals surface area contributed by atoms with E-state index in [1.807, 2.05) is 6.07 Å². The van der Waals surface area contributed by atoms with Crippen LogP contribution in [-0.2, 0) is 19.2 Å². The van der Waals surface area contributed by atoms with Crippen LogP contribution in [0.15, 0.2) is 59.0 Å². The number of carboxylic acids is 4. The predicted octanol–water partition coefficient (Wildman–Crippen LogP) is 4.17. The fourth-order valence-electron chi connectivity index (χ4n) is 8.90. The maximum Gasteiger partial charge on any atom is 0.317 e. The smallest absolute Gasteiger partial charge is 0.317 e. The van der Waals surface area contributed by atoms with Gasteiger partial charge in [-0.15, -0.1) is 0 Å². The van der Waals surface area contributed by atoms with Crippen LogP contribution in [0, 0.1) is 6.92 Å². The Hall–Kier alpha value is -5.66. The molecule has 2 heterocycles. The van der Waals surface area contributed by atoms with Crippen molar-refractivity contribution in [2.24, 2.45) is 0 Å². The van der Waals surface area contributed by atoms with E-state index in [0.29, 0.717) is 24.5 Å². The van der Waals surface area contributed by atoms with Crippen molar-refractivity contribution in [1.29, 1.82) is 0 Å². The number of aliphatic carboxylic acids is 4. The van der Waals surface area contributed by atoms with E-state index in [1.165, 1.54) is 0 Å². The monoisotopic (exact) mass is 931 g/mol. The van der Waals surface area contributed by atoms with Crippen molar-refractivity contribution in [3.8, 4) is 22.5 Å². The molecule has 1 aliphatic carbocycles. The Balaban J connectivity index is 1.34. The Morgan fingerprint density at radius 1 is 0.742 bits per heavy atom. The fourth-order valence-corrected chi connectivity index (χ4v) is 9.12. The number of fused-ring (bicyclic) bond motifs is 2. The van der Waals surface area contributed by atoms with Crippen molar-refractivity contribution < 1.29 is 44.0 Å². The van der Waals surface area contributed by atoms with Gasteiger partial charge in [0.25, 0.3) is 0 Å². The van der Waals surface area contributed by atoms with Gasteiger partial charge in [-0.05, 0) is 101 Å². The quantitative estimate of drug-likeness (QED) is 0.0338. The Morgan fingerprint density at radius 3 is 1.92 bits per heavy atom. The molecule has 0 saturated carbocycles. The summed E-state index contributed by atoms with van der Waals surface area (Å²) in [5, 5.41) is 47.9. The van der Waals surface area contributed by atoms with Crippen LogP contribution in [0.2, 0.25) is 0 Å². The summed E-state index contributed by atoms with van der Waals surface area (Å²) in [6.07, 6.45) is 1.03. The van der Waals surface area contributed by atoms with Crippen LogP contribution >= 0.6 is 12.2 Å². The molecule has 1 unspecified atom stereocenters. The molecule has 18 heteroatoms. The number of anilines is 2. The third kappa shape index (κ3) is 14.4. The average Bonchev–Trinajstić information content (AvgIpc) is 3.26. The summed E-state index contributed by atoms with van der Waals surface area (Å²) in [6.45, 7) is 15.0. The first-order valence-corrected chi connectivity index (χ1v) is 23.3. The zero-order valence-corrected chi connectivity index (χ0v) is 39.7. The number of carbonyl (C=O) groups is 4. The van der Waals surface area contributed by atoms with Crippen molar-refractivity contribution in [1.82, 2.24) is 29.5 Å². The summed E-state index contributed by atoms with van der Waals surface area (Å²) < 4.78 is 8.99. The Labute approximate surface area is 392 Å². The second-order valence-corrected chi connectivity index (χ2v) is 17.1. The molecule has 1 fully saturated rings. The molecular weight excluding hydrogens is 865 g/mol. The van der Waals surface area contributed by atoms with Crippen molar-refractivity contribution in [3.63, 3.8) is 0 Å². The number of nitrogens with one attached hydrogen (secondary N) is 2. The molecule has 1 saturated heterocycles. The lowest BCUT2D eigenvalue weighted by Gasteiger charge is -2.37. The normalized spacial score (nSPS) is 16.0. The fraction of sp³-hybridized carbons (Fsp3) is 0.500. The maximum atomic E-state index is 12.1. The number of hydrogen-bond acceptors (Lipinski definition) is 11. The lowest BCUT2D eigenvalue weighted by molar-refractivity contribution is -0.142. The van der Waals surface area contributed by atoms with Gasteiger partial charge in [0.1, 0.15) is 24.4 Å². The summed E-state index contributed by atoms with van der Waals surface area (Å²) >= 11 is 5.74. The number of carboxylic acid groups (broad SMARTS) is 4. The van der Waals surface area contributed by atoms with Crippen LogP contribution in [0.3, 0.4) is 0 Å². The lowest BCUT2D eigenvalue weighted by Crippen LogP contribution is -2.53. The van der Waals surface area contributed by atoms with Gasteiger partial charge >= 0.3 is 23.9 Å². The molecule has 1 atom stereocenters. The largest absolute Gasteiger partial charge is 0.480 e. The molecule has 2 aliphatic heterocycles. The van der Waals surface area contributed by atoms with Crippen LogP contribution < -0.4 is 25.5 Å². The maximum absolute atomic E-state index is 12.1. The minimum absolute atomic E-state index is 0.210. The van der Waals surface area contributed by atoms with Crippen LogP contribution in [0.4, 0.5) is 11.4 Å². The Bertz CT molecular complexity index is 2360. The van der Waals surface area contributed by atoms with Gasteiger partial charge in [-0.1, -0.05) is 6.07 Å². The van der Waals surface area contributed by atoms with Crippen molar-refractivity contribution in [2.75, 3.05) is 115 Å². The molecular formula is C48H67N8O9S+. The molecule has 17 nitrogen and oxygen atoms in total. The second kappa shape index (κ2) is 24.7. The lowest BCUT2D eigenvalue weighted by atomic mass is 9.91. The first-order chi connectivity index (χ1) is 31.6. The number of benzene rings is 3. The van der Waals surface area contributed by atoms with Crippen molar-refractivity contribution >= 4 is 63.6 Å². The first kappa shape index (κ1) is 51.3. The molecule has 3 aliphatic rings. The number of rotatable bonds is 19. The molecule has 0 aromatic heterocycles. The van der Waals surface area contributed by atoms with E-state index in [0.717, 1.165) is 81.9 Å². The van der Waals surface area contributed by atoms with Crippen LogP contribution in [0.25, 0.3) is 33.4 Å². The standard InChI is InChI=1S/C48H66N8O9S/c1-6-54(7-2)35-13-16-39-41(26-35)65-42-27-36(55(8-3)9-4)14-17-40(42)47(39)38-15-12-34(25-33(38)5)50-48(66)49-18-10-11-37-28-53(31-45(61)62)22-21-51(29-43(57)58)19-20-52(30-44(59)60)23-24-56(37)32-46(63)64/h12-17,25-27,37H,6-11,18-24,28-32H2,1-5H3,(H5,49,57,58,59,60,61,62,63,64,66)/p+1. The topological polar surface area (TPSA) is 206 Å². The molecule has 0 radical (unpaired) electrons. The molecule has 0 bridgehead atoms. The summed E-state index contributed by atoms with van der Waals surface area (Å²) in [5.74, 6) is -3.40. The number of hydrogen-bond donors (Lipinski definition) is 6. The van der Waals surface area contributed by atoms with Gasteiger partial charge in [0.2, 0.25) is 5.36 Å². The van der Waals surface area contributed by atoms with Crippen LogP contribution in [0.1, 0.15) is 46.1 Å². The summed E-state index contributed by atoms with van der Waals surface area (Å²) in [4.78, 5) is 56.6. The SMILES string of the molecule is CCN(CC)c1ccc2c(-c3ccc(NC(=S)NCCCC4CN(CC(=O)O)CCN(CC(=O)O)CCN(CC(=O)O)CCN4CC(=O)O)cc3C)c3ccc(=[N+](CC)CC)cc-3oc2c1. The van der Waals surface area contributed by atoms with Gasteiger partial charge in [0.05, 0.1) is 32.2 Å². The summed E-state index contributed by atoms with van der Waals surface area (Å²) in [6, 6.07) is 18.7. The molecule has 5 rings (SSSR count). The van der Waals surface area contributed by atoms with E-state index >= 15 is 0 Å². The van der Waals surface area contributed by atoms with Crippen molar-refractivity contribution in [2.45, 2.75) is 53.5 Å². The van der Waals surface area contributed by atoms with E-state index < -0.39 is 29.9 Å². The molecule has 66 heavy (non-hydrogen) atoms. The highest BCUT2D eigenvalue weighted by atomic mass is 32.1. The molecule has 0 spiro atoms. The number of aryl methyl sites for hydroxylation is 1.